The zero-order valence-corrected chi connectivity index (χ0v) is 12.8. The highest BCUT2D eigenvalue weighted by molar-refractivity contribution is 7.10. The van der Waals surface area contributed by atoms with E-state index in [1.54, 1.807) is 18.4 Å². The topological polar surface area (TPSA) is 53.7 Å². The van der Waals surface area contributed by atoms with Gasteiger partial charge in [0.15, 0.2) is 0 Å². The van der Waals surface area contributed by atoms with E-state index >= 15 is 0 Å². The fourth-order valence-corrected chi connectivity index (χ4v) is 4.35. The van der Waals surface area contributed by atoms with Crippen LogP contribution in [0.5, 0.6) is 5.75 Å². The first-order valence-corrected chi connectivity index (χ1v) is 8.21. The molecule has 5 heteroatoms. The van der Waals surface area contributed by atoms with Crippen LogP contribution in [0.15, 0.2) is 11.4 Å². The van der Waals surface area contributed by atoms with Gasteiger partial charge >= 0.3 is 0 Å². The highest BCUT2D eigenvalue weighted by Crippen LogP contribution is 2.43. The Balaban J connectivity index is 1.73. The lowest BCUT2D eigenvalue weighted by Gasteiger charge is -2.44. The number of hydrogen-bond acceptors (Lipinski definition) is 5. The maximum Gasteiger partial charge on any atom is 0.134 e. The Labute approximate surface area is 124 Å². The maximum atomic E-state index is 6.52. The second kappa shape index (κ2) is 6.02. The van der Waals surface area contributed by atoms with E-state index < -0.39 is 0 Å². The van der Waals surface area contributed by atoms with Gasteiger partial charge in [-0.1, -0.05) is 0 Å². The summed E-state index contributed by atoms with van der Waals surface area (Å²) in [5.41, 5.74) is 6.53. The smallest absolute Gasteiger partial charge is 0.134 e. The highest BCUT2D eigenvalue weighted by atomic mass is 32.1. The highest BCUT2D eigenvalue weighted by Gasteiger charge is 2.41. The van der Waals surface area contributed by atoms with Crippen molar-refractivity contribution in [3.63, 3.8) is 0 Å². The van der Waals surface area contributed by atoms with Gasteiger partial charge in [-0.25, -0.2) is 0 Å². The van der Waals surface area contributed by atoms with Crippen molar-refractivity contribution in [2.24, 2.45) is 11.7 Å². The molecule has 3 heterocycles. The van der Waals surface area contributed by atoms with E-state index in [4.69, 9.17) is 19.9 Å². The van der Waals surface area contributed by atoms with Crippen LogP contribution >= 0.6 is 11.3 Å². The first-order valence-electron chi connectivity index (χ1n) is 7.33. The first kappa shape index (κ1) is 14.3. The SMILES string of the molecule is COc1ccsc1C(N)C1CCOC2(CCOCC2)C1. The third-order valence-electron chi connectivity index (χ3n) is 4.62. The van der Waals surface area contributed by atoms with E-state index in [0.717, 1.165) is 51.3 Å². The van der Waals surface area contributed by atoms with Gasteiger partial charge in [0, 0.05) is 25.9 Å². The van der Waals surface area contributed by atoms with E-state index in [9.17, 15) is 0 Å². The molecule has 4 nitrogen and oxygen atoms in total. The molecular weight excluding hydrogens is 274 g/mol. The summed E-state index contributed by atoms with van der Waals surface area (Å²) in [5, 5.41) is 2.05. The van der Waals surface area contributed by atoms with E-state index in [1.807, 2.05) is 6.07 Å². The van der Waals surface area contributed by atoms with Crippen molar-refractivity contribution in [2.45, 2.75) is 37.3 Å². The molecule has 0 bridgehead atoms. The monoisotopic (exact) mass is 297 g/mol. The molecule has 2 saturated heterocycles. The predicted molar refractivity (Wildman–Crippen MR) is 79.3 cm³/mol. The molecule has 2 aliphatic rings. The Kier molecular flexibility index (Phi) is 4.31. The summed E-state index contributed by atoms with van der Waals surface area (Å²) in [7, 11) is 1.71. The van der Waals surface area contributed by atoms with Crippen LogP contribution < -0.4 is 10.5 Å². The second-order valence-electron chi connectivity index (χ2n) is 5.78. The van der Waals surface area contributed by atoms with Crippen molar-refractivity contribution in [1.82, 2.24) is 0 Å². The predicted octanol–water partition coefficient (Wildman–Crippen LogP) is 2.73. The molecule has 3 rings (SSSR count). The Hall–Kier alpha value is -0.620. The third kappa shape index (κ3) is 2.72. The molecule has 0 radical (unpaired) electrons. The van der Waals surface area contributed by atoms with Gasteiger partial charge in [-0.3, -0.25) is 0 Å². The molecule has 2 fully saturated rings. The molecule has 20 heavy (non-hydrogen) atoms. The summed E-state index contributed by atoms with van der Waals surface area (Å²) in [6.07, 6.45) is 4.07. The van der Waals surface area contributed by atoms with Crippen LogP contribution in [0.2, 0.25) is 0 Å². The molecule has 0 aliphatic carbocycles. The fraction of sp³-hybridized carbons (Fsp3) is 0.733. The minimum absolute atomic E-state index is 0.00326. The second-order valence-corrected chi connectivity index (χ2v) is 6.72. The van der Waals surface area contributed by atoms with Crippen LogP contribution in [-0.4, -0.2) is 32.5 Å². The van der Waals surface area contributed by atoms with Crippen molar-refractivity contribution in [1.29, 1.82) is 0 Å². The molecule has 2 N–H and O–H groups in total. The number of nitrogens with two attached hydrogens (primary N) is 1. The van der Waals surface area contributed by atoms with Gasteiger partial charge in [0.25, 0.3) is 0 Å². The average Bonchev–Trinajstić information content (AvgIpc) is 2.96. The average molecular weight is 297 g/mol. The summed E-state index contributed by atoms with van der Waals surface area (Å²) < 4.78 is 17.0. The maximum absolute atomic E-state index is 6.52. The minimum atomic E-state index is 0.00326. The number of hydrogen-bond donors (Lipinski definition) is 1. The standard InChI is InChI=1S/C15H23NO3S/c1-17-12-3-9-20-14(12)13(16)11-2-6-19-15(10-11)4-7-18-8-5-15/h3,9,11,13H,2,4-8,10,16H2,1H3. The Morgan fingerprint density at radius 1 is 1.40 bits per heavy atom. The van der Waals surface area contributed by atoms with Gasteiger partial charge < -0.3 is 19.9 Å². The van der Waals surface area contributed by atoms with Crippen LogP contribution in [0.3, 0.4) is 0 Å². The molecule has 1 aromatic heterocycles. The van der Waals surface area contributed by atoms with Crippen LogP contribution in [0.4, 0.5) is 0 Å². The van der Waals surface area contributed by atoms with Crippen molar-refractivity contribution in [3.8, 4) is 5.75 Å². The molecule has 0 saturated carbocycles. The van der Waals surface area contributed by atoms with E-state index in [-0.39, 0.29) is 11.6 Å². The summed E-state index contributed by atoms with van der Waals surface area (Å²) in [6.45, 7) is 2.43. The molecule has 2 aliphatic heterocycles. The summed E-state index contributed by atoms with van der Waals surface area (Å²) >= 11 is 1.70. The molecule has 0 amide bonds. The number of ether oxygens (including phenoxy) is 3. The molecule has 2 unspecified atom stereocenters. The summed E-state index contributed by atoms with van der Waals surface area (Å²) in [4.78, 5) is 1.17. The molecular formula is C15H23NO3S. The minimum Gasteiger partial charge on any atom is -0.496 e. The van der Waals surface area contributed by atoms with E-state index in [2.05, 4.69) is 5.38 Å². The lowest BCUT2D eigenvalue weighted by atomic mass is 9.77. The van der Waals surface area contributed by atoms with Crippen molar-refractivity contribution in [2.75, 3.05) is 26.9 Å². The lowest BCUT2D eigenvalue weighted by Crippen LogP contribution is -2.46. The molecule has 112 valence electrons. The van der Waals surface area contributed by atoms with Crippen LogP contribution in [0.1, 0.15) is 36.6 Å². The van der Waals surface area contributed by atoms with Gasteiger partial charge in [-0.2, -0.15) is 0 Å². The van der Waals surface area contributed by atoms with Gasteiger partial charge in [-0.15, -0.1) is 11.3 Å². The first-order chi connectivity index (χ1) is 9.74. The van der Waals surface area contributed by atoms with Gasteiger partial charge in [0.05, 0.1) is 17.6 Å². The third-order valence-corrected chi connectivity index (χ3v) is 5.62. The fourth-order valence-electron chi connectivity index (χ4n) is 3.40. The lowest BCUT2D eigenvalue weighted by molar-refractivity contribution is -0.149. The molecule has 1 aromatic rings. The van der Waals surface area contributed by atoms with Gasteiger partial charge in [-0.05, 0) is 43.0 Å². The van der Waals surface area contributed by atoms with Gasteiger partial charge in [0.1, 0.15) is 5.75 Å². The van der Waals surface area contributed by atoms with Crippen molar-refractivity contribution < 1.29 is 14.2 Å². The summed E-state index contributed by atoms with van der Waals surface area (Å²) in [6, 6.07) is 2.05. The number of thiophene rings is 1. The van der Waals surface area contributed by atoms with E-state index in [0.29, 0.717) is 5.92 Å². The van der Waals surface area contributed by atoms with Crippen LogP contribution in [-0.2, 0) is 9.47 Å². The number of rotatable bonds is 3. The molecule has 1 spiro atoms. The molecule has 0 aromatic carbocycles. The van der Waals surface area contributed by atoms with Gasteiger partial charge in [0.2, 0.25) is 0 Å². The Bertz CT molecular complexity index is 437. The molecule has 2 atom stereocenters. The largest absolute Gasteiger partial charge is 0.496 e. The Morgan fingerprint density at radius 3 is 2.95 bits per heavy atom. The Morgan fingerprint density at radius 2 is 2.20 bits per heavy atom. The number of methoxy groups -OCH3 is 1. The van der Waals surface area contributed by atoms with E-state index in [1.165, 1.54) is 4.88 Å². The zero-order chi connectivity index (χ0) is 14.0. The van der Waals surface area contributed by atoms with Crippen LogP contribution in [0, 0.1) is 5.92 Å². The summed E-state index contributed by atoms with van der Waals surface area (Å²) in [5.74, 6) is 1.39. The van der Waals surface area contributed by atoms with Crippen molar-refractivity contribution >= 4 is 11.3 Å². The zero-order valence-electron chi connectivity index (χ0n) is 12.0. The van der Waals surface area contributed by atoms with Crippen molar-refractivity contribution in [3.05, 3.63) is 16.3 Å². The normalized spacial score (nSPS) is 27.4. The van der Waals surface area contributed by atoms with Crippen LogP contribution in [0.25, 0.3) is 0 Å². The quantitative estimate of drug-likeness (QED) is 0.932.